The second-order valence-corrected chi connectivity index (χ2v) is 8.56. The maximum Gasteiger partial charge on any atom is 0.223 e. The Morgan fingerprint density at radius 3 is 2.62 bits per heavy atom. The number of piperidine rings is 1. The Labute approximate surface area is 173 Å². The number of hydrogen-bond acceptors (Lipinski definition) is 5. The molecule has 1 unspecified atom stereocenters. The van der Waals surface area contributed by atoms with Gasteiger partial charge in [-0.05, 0) is 83.3 Å². The average molecular weight is 393 g/mol. The summed E-state index contributed by atoms with van der Waals surface area (Å²) in [7, 11) is 2.21. The van der Waals surface area contributed by atoms with Crippen molar-refractivity contribution in [2.24, 2.45) is 5.92 Å². The van der Waals surface area contributed by atoms with Crippen molar-refractivity contribution in [2.45, 2.75) is 53.0 Å². The zero-order valence-corrected chi connectivity index (χ0v) is 18.2. The Bertz CT molecular complexity index is 1000. The van der Waals surface area contributed by atoms with Crippen LogP contribution in [0, 0.1) is 26.7 Å². The van der Waals surface area contributed by atoms with E-state index >= 15 is 0 Å². The second kappa shape index (κ2) is 8.11. The summed E-state index contributed by atoms with van der Waals surface area (Å²) < 4.78 is 0. The van der Waals surface area contributed by atoms with Crippen molar-refractivity contribution >= 4 is 17.0 Å². The topological polar surface area (TPSA) is 69.7 Å². The summed E-state index contributed by atoms with van der Waals surface area (Å²) in [6, 6.07) is 4.72. The zero-order valence-electron chi connectivity index (χ0n) is 18.2. The van der Waals surface area contributed by atoms with Crippen molar-refractivity contribution in [3.8, 4) is 11.4 Å². The summed E-state index contributed by atoms with van der Waals surface area (Å²) in [6.45, 7) is 10.8. The summed E-state index contributed by atoms with van der Waals surface area (Å²) in [5.41, 5.74) is 6.39. The third-order valence-electron chi connectivity index (χ3n) is 6.24. The van der Waals surface area contributed by atoms with Crippen LogP contribution in [0.15, 0.2) is 18.3 Å². The molecule has 2 N–H and O–H groups in total. The van der Waals surface area contributed by atoms with E-state index in [4.69, 9.17) is 9.97 Å². The molecule has 6 heteroatoms. The van der Waals surface area contributed by atoms with E-state index in [9.17, 15) is 0 Å². The number of aromatic amines is 1. The second-order valence-electron chi connectivity index (χ2n) is 8.56. The maximum atomic E-state index is 4.81. The Morgan fingerprint density at radius 2 is 1.93 bits per heavy atom. The molecule has 2 aromatic heterocycles. The highest BCUT2D eigenvalue weighted by Crippen LogP contribution is 2.27. The molecule has 1 aliphatic heterocycles. The van der Waals surface area contributed by atoms with Crippen LogP contribution in [0.4, 0.5) is 5.95 Å². The molecule has 0 amide bonds. The van der Waals surface area contributed by atoms with Crippen LogP contribution in [-0.2, 0) is 0 Å². The third kappa shape index (κ3) is 4.13. The van der Waals surface area contributed by atoms with Gasteiger partial charge in [0.05, 0.1) is 22.3 Å². The smallest absolute Gasteiger partial charge is 0.223 e. The Kier molecular flexibility index (Phi) is 5.54. The average Bonchev–Trinajstić information content (AvgIpc) is 3.11. The number of benzene rings is 1. The van der Waals surface area contributed by atoms with Crippen LogP contribution < -0.4 is 5.32 Å². The Morgan fingerprint density at radius 1 is 1.17 bits per heavy atom. The first-order valence-electron chi connectivity index (χ1n) is 10.7. The van der Waals surface area contributed by atoms with Crippen LogP contribution in [0.3, 0.4) is 0 Å². The zero-order chi connectivity index (χ0) is 20.5. The highest BCUT2D eigenvalue weighted by molar-refractivity contribution is 5.83. The van der Waals surface area contributed by atoms with E-state index in [1.165, 1.54) is 37.1 Å². The minimum Gasteiger partial charge on any atom is -0.351 e. The number of likely N-dealkylation sites (tertiary alicyclic amines) is 1. The van der Waals surface area contributed by atoms with E-state index in [0.29, 0.717) is 12.0 Å². The number of aryl methyl sites for hydroxylation is 3. The van der Waals surface area contributed by atoms with E-state index in [2.05, 4.69) is 60.1 Å². The Hall–Kier alpha value is -2.47. The highest BCUT2D eigenvalue weighted by Gasteiger charge is 2.25. The minimum atomic E-state index is 0.422. The molecule has 0 bridgehead atoms. The molecule has 3 aromatic rings. The van der Waals surface area contributed by atoms with Gasteiger partial charge in [-0.1, -0.05) is 13.0 Å². The number of aromatic nitrogens is 4. The van der Waals surface area contributed by atoms with Gasteiger partial charge in [0.1, 0.15) is 5.82 Å². The molecule has 1 aliphatic rings. The molecule has 1 aromatic carbocycles. The molecule has 1 fully saturated rings. The number of hydrogen-bond donors (Lipinski definition) is 2. The van der Waals surface area contributed by atoms with Gasteiger partial charge in [-0.2, -0.15) is 0 Å². The molecule has 1 atom stereocenters. The van der Waals surface area contributed by atoms with Crippen LogP contribution in [0.1, 0.15) is 43.0 Å². The van der Waals surface area contributed by atoms with Crippen molar-refractivity contribution in [3.05, 3.63) is 35.2 Å². The lowest BCUT2D eigenvalue weighted by atomic mass is 9.88. The monoisotopic (exact) mass is 392 g/mol. The number of anilines is 1. The molecule has 0 saturated carbocycles. The SMILES string of the molecule is CCC(Nc1ncc(-c2nc3c(C)cc(C)cc3[nH]2)c(C)n1)C1CCN(C)CC1. The molecular formula is C23H32N6. The summed E-state index contributed by atoms with van der Waals surface area (Å²) in [6.07, 6.45) is 5.44. The van der Waals surface area contributed by atoms with Crippen molar-refractivity contribution in [3.63, 3.8) is 0 Å². The van der Waals surface area contributed by atoms with Gasteiger partial charge in [-0.15, -0.1) is 0 Å². The van der Waals surface area contributed by atoms with E-state index in [-0.39, 0.29) is 0 Å². The molecule has 6 nitrogen and oxygen atoms in total. The van der Waals surface area contributed by atoms with Crippen molar-refractivity contribution in [2.75, 3.05) is 25.5 Å². The van der Waals surface area contributed by atoms with Gasteiger partial charge in [0.2, 0.25) is 5.95 Å². The number of imidazole rings is 1. The van der Waals surface area contributed by atoms with E-state index in [1.54, 1.807) is 0 Å². The largest absolute Gasteiger partial charge is 0.351 e. The van der Waals surface area contributed by atoms with Gasteiger partial charge >= 0.3 is 0 Å². The lowest BCUT2D eigenvalue weighted by Gasteiger charge is -2.34. The molecular weight excluding hydrogens is 360 g/mol. The van der Waals surface area contributed by atoms with Gasteiger partial charge < -0.3 is 15.2 Å². The number of nitrogens with one attached hydrogen (secondary N) is 2. The molecule has 4 rings (SSSR count). The Balaban J connectivity index is 1.55. The summed E-state index contributed by atoms with van der Waals surface area (Å²) in [5.74, 6) is 2.24. The summed E-state index contributed by atoms with van der Waals surface area (Å²) >= 11 is 0. The van der Waals surface area contributed by atoms with Crippen molar-refractivity contribution in [1.29, 1.82) is 0 Å². The van der Waals surface area contributed by atoms with Gasteiger partial charge in [-0.3, -0.25) is 0 Å². The predicted octanol–water partition coefficient (Wildman–Crippen LogP) is 4.48. The van der Waals surface area contributed by atoms with Crippen LogP contribution in [0.5, 0.6) is 0 Å². The molecule has 29 heavy (non-hydrogen) atoms. The molecule has 154 valence electrons. The lowest BCUT2D eigenvalue weighted by molar-refractivity contribution is 0.202. The third-order valence-corrected chi connectivity index (χ3v) is 6.24. The first-order chi connectivity index (χ1) is 13.9. The van der Waals surface area contributed by atoms with Gasteiger partial charge in [0.25, 0.3) is 0 Å². The quantitative estimate of drug-likeness (QED) is 0.670. The normalized spacial score (nSPS) is 17.0. The number of nitrogens with zero attached hydrogens (tertiary/aromatic N) is 4. The fraction of sp³-hybridized carbons (Fsp3) is 0.522. The van der Waals surface area contributed by atoms with Crippen molar-refractivity contribution < 1.29 is 0 Å². The van der Waals surface area contributed by atoms with Gasteiger partial charge in [0, 0.05) is 12.2 Å². The minimum absolute atomic E-state index is 0.422. The van der Waals surface area contributed by atoms with Crippen molar-refractivity contribution in [1.82, 2.24) is 24.8 Å². The molecule has 1 saturated heterocycles. The fourth-order valence-electron chi connectivity index (χ4n) is 4.52. The van der Waals surface area contributed by atoms with Gasteiger partial charge in [-0.25, -0.2) is 15.0 Å². The maximum absolute atomic E-state index is 4.81. The first-order valence-corrected chi connectivity index (χ1v) is 10.7. The van der Waals surface area contributed by atoms with E-state index in [1.807, 2.05) is 13.1 Å². The van der Waals surface area contributed by atoms with E-state index < -0.39 is 0 Å². The molecule has 0 aliphatic carbocycles. The van der Waals surface area contributed by atoms with E-state index in [0.717, 1.165) is 40.5 Å². The predicted molar refractivity (Wildman–Crippen MR) is 119 cm³/mol. The van der Waals surface area contributed by atoms with Gasteiger partial charge in [0.15, 0.2) is 0 Å². The fourth-order valence-corrected chi connectivity index (χ4v) is 4.52. The number of H-pyrrole nitrogens is 1. The lowest BCUT2D eigenvalue weighted by Crippen LogP contribution is -2.38. The number of fused-ring (bicyclic) bond motifs is 1. The molecule has 0 spiro atoms. The number of rotatable bonds is 5. The molecule has 0 radical (unpaired) electrons. The summed E-state index contributed by atoms with van der Waals surface area (Å²) in [4.78, 5) is 20.1. The standard InChI is InChI=1S/C23H32N6/c1-6-19(17-7-9-29(5)10-8-17)27-23-24-13-18(16(4)25-23)22-26-20-12-14(2)11-15(3)21(20)28-22/h11-13,17,19H,6-10H2,1-5H3,(H,26,28)(H,24,25,27). The van der Waals surface area contributed by atoms with Crippen LogP contribution >= 0.6 is 0 Å². The highest BCUT2D eigenvalue weighted by atomic mass is 15.1. The van der Waals surface area contributed by atoms with Crippen LogP contribution in [0.25, 0.3) is 22.4 Å². The van der Waals surface area contributed by atoms with Crippen LogP contribution in [0.2, 0.25) is 0 Å². The summed E-state index contributed by atoms with van der Waals surface area (Å²) in [5, 5.41) is 3.60. The first kappa shape index (κ1) is 19.8. The molecule has 3 heterocycles. The van der Waals surface area contributed by atoms with Crippen LogP contribution in [-0.4, -0.2) is 51.0 Å².